The van der Waals surface area contributed by atoms with E-state index in [0.717, 1.165) is 28.0 Å². The third kappa shape index (κ3) is 5.40. The van der Waals surface area contributed by atoms with Crippen LogP contribution in [0.4, 0.5) is 5.69 Å². The lowest BCUT2D eigenvalue weighted by molar-refractivity contribution is 0.324. The molecule has 0 amide bonds. The van der Waals surface area contributed by atoms with Gasteiger partial charge in [-0.1, -0.05) is 12.1 Å². The van der Waals surface area contributed by atoms with Gasteiger partial charge in [0.15, 0.2) is 23.0 Å². The van der Waals surface area contributed by atoms with Crippen molar-refractivity contribution in [1.29, 1.82) is 0 Å². The van der Waals surface area contributed by atoms with Crippen molar-refractivity contribution >= 4 is 17.3 Å². The van der Waals surface area contributed by atoms with Crippen LogP contribution in [-0.4, -0.2) is 56.8 Å². The molecule has 3 aromatic rings. The Morgan fingerprint density at radius 3 is 1.37 bits per heavy atom. The molecule has 3 aromatic carbocycles. The zero-order valence-corrected chi connectivity index (χ0v) is 21.6. The molecule has 0 spiro atoms. The number of hydrogen-bond acceptors (Lipinski definition) is 7. The number of anilines is 1. The summed E-state index contributed by atoms with van der Waals surface area (Å²) in [7, 11) is 13.6. The van der Waals surface area contributed by atoms with E-state index in [1.54, 1.807) is 42.7 Å². The summed E-state index contributed by atoms with van der Waals surface area (Å²) in [6, 6.07) is 16.0. The van der Waals surface area contributed by atoms with Gasteiger partial charge in [0.2, 0.25) is 11.5 Å². The van der Waals surface area contributed by atoms with Crippen LogP contribution >= 0.6 is 0 Å². The standard InChI is InChI=1S/C28H33NO6/c1-29(2)21-11-9-19(10-12-21)22(20-16-25(32-5)28(35-8)26(17-20)33-6)13-18-14-23(30-3)27(34-7)24(15-18)31-4/h9-17H,1-8H3/b22-13-. The average molecular weight is 480 g/mol. The Labute approximate surface area is 207 Å². The Balaban J connectivity index is 2.29. The molecule has 0 aliphatic heterocycles. The van der Waals surface area contributed by atoms with Gasteiger partial charge in [0.05, 0.1) is 42.7 Å². The Bertz CT molecular complexity index is 1130. The van der Waals surface area contributed by atoms with Crippen molar-refractivity contribution in [2.75, 3.05) is 61.7 Å². The highest BCUT2D eigenvalue weighted by atomic mass is 16.5. The summed E-state index contributed by atoms with van der Waals surface area (Å²) in [6.07, 6.45) is 2.07. The maximum Gasteiger partial charge on any atom is 0.203 e. The van der Waals surface area contributed by atoms with E-state index >= 15 is 0 Å². The van der Waals surface area contributed by atoms with E-state index < -0.39 is 0 Å². The van der Waals surface area contributed by atoms with Gasteiger partial charge in [-0.2, -0.15) is 0 Å². The van der Waals surface area contributed by atoms with Crippen molar-refractivity contribution < 1.29 is 28.4 Å². The van der Waals surface area contributed by atoms with Crippen molar-refractivity contribution in [1.82, 2.24) is 0 Å². The zero-order chi connectivity index (χ0) is 25.5. The van der Waals surface area contributed by atoms with Crippen LogP contribution in [0.5, 0.6) is 34.5 Å². The Kier molecular flexibility index (Phi) is 8.36. The second-order valence-corrected chi connectivity index (χ2v) is 7.87. The first-order chi connectivity index (χ1) is 16.9. The van der Waals surface area contributed by atoms with Crippen LogP contribution in [-0.2, 0) is 0 Å². The highest BCUT2D eigenvalue weighted by Gasteiger charge is 2.18. The van der Waals surface area contributed by atoms with Crippen molar-refractivity contribution in [2.24, 2.45) is 0 Å². The lowest BCUT2D eigenvalue weighted by atomic mass is 9.94. The van der Waals surface area contributed by atoms with Gasteiger partial charge in [0.1, 0.15) is 0 Å². The zero-order valence-electron chi connectivity index (χ0n) is 21.6. The van der Waals surface area contributed by atoms with Crippen LogP contribution in [0.1, 0.15) is 16.7 Å². The van der Waals surface area contributed by atoms with Gasteiger partial charge in [-0.25, -0.2) is 0 Å². The van der Waals surface area contributed by atoms with Gasteiger partial charge in [-0.3, -0.25) is 0 Å². The number of benzene rings is 3. The fraction of sp³-hybridized carbons (Fsp3) is 0.286. The topological polar surface area (TPSA) is 58.6 Å². The Morgan fingerprint density at radius 2 is 1.00 bits per heavy atom. The molecule has 0 saturated carbocycles. The van der Waals surface area contributed by atoms with Gasteiger partial charge in [-0.15, -0.1) is 0 Å². The van der Waals surface area contributed by atoms with Crippen LogP contribution in [0.3, 0.4) is 0 Å². The number of ether oxygens (including phenoxy) is 6. The molecule has 0 saturated heterocycles. The van der Waals surface area contributed by atoms with Crippen LogP contribution < -0.4 is 33.3 Å². The van der Waals surface area contributed by atoms with Gasteiger partial charge in [-0.05, 0) is 64.7 Å². The Hall–Kier alpha value is -4.00. The van der Waals surface area contributed by atoms with Crippen molar-refractivity contribution in [3.63, 3.8) is 0 Å². The summed E-state index contributed by atoms with van der Waals surface area (Å²) < 4.78 is 33.4. The molecule has 0 heterocycles. The quantitative estimate of drug-likeness (QED) is 0.361. The van der Waals surface area contributed by atoms with Gasteiger partial charge in [0.25, 0.3) is 0 Å². The molecule has 0 radical (unpaired) electrons. The van der Waals surface area contributed by atoms with E-state index in [2.05, 4.69) is 35.2 Å². The van der Waals surface area contributed by atoms with Crippen LogP contribution in [0.2, 0.25) is 0 Å². The van der Waals surface area contributed by atoms with E-state index in [1.165, 1.54) is 0 Å². The van der Waals surface area contributed by atoms with Gasteiger partial charge < -0.3 is 33.3 Å². The third-order valence-electron chi connectivity index (χ3n) is 5.67. The van der Waals surface area contributed by atoms with Gasteiger partial charge in [0, 0.05) is 19.8 Å². The minimum atomic E-state index is 0.536. The molecule has 186 valence electrons. The molecule has 7 heteroatoms. The molecule has 0 fully saturated rings. The first-order valence-corrected chi connectivity index (χ1v) is 11.0. The number of methoxy groups -OCH3 is 6. The minimum absolute atomic E-state index is 0.536. The van der Waals surface area contributed by atoms with Gasteiger partial charge >= 0.3 is 0 Å². The predicted octanol–water partition coefficient (Wildman–Crippen LogP) is 5.39. The first kappa shape index (κ1) is 25.6. The van der Waals surface area contributed by atoms with Crippen molar-refractivity contribution in [3.05, 3.63) is 65.2 Å². The molecular weight excluding hydrogens is 446 g/mol. The molecule has 0 unspecified atom stereocenters. The Morgan fingerprint density at radius 1 is 0.571 bits per heavy atom. The fourth-order valence-corrected chi connectivity index (χ4v) is 3.86. The van der Waals surface area contributed by atoms with Crippen LogP contribution in [0.15, 0.2) is 48.5 Å². The molecule has 0 bridgehead atoms. The summed E-state index contributed by atoms with van der Waals surface area (Å²) in [5.41, 5.74) is 4.83. The molecular formula is C28H33NO6. The molecule has 0 aliphatic carbocycles. The van der Waals surface area contributed by atoms with E-state index in [-0.39, 0.29) is 0 Å². The average Bonchev–Trinajstić information content (AvgIpc) is 2.90. The van der Waals surface area contributed by atoms with Crippen molar-refractivity contribution in [2.45, 2.75) is 0 Å². The number of nitrogens with zero attached hydrogens (tertiary/aromatic N) is 1. The summed E-state index contributed by atoms with van der Waals surface area (Å²) in [6.45, 7) is 0. The van der Waals surface area contributed by atoms with E-state index in [1.807, 2.05) is 38.4 Å². The van der Waals surface area contributed by atoms with Crippen LogP contribution in [0, 0.1) is 0 Å². The lowest BCUT2D eigenvalue weighted by Gasteiger charge is -2.18. The predicted molar refractivity (Wildman–Crippen MR) is 140 cm³/mol. The molecule has 0 aliphatic rings. The highest BCUT2D eigenvalue weighted by Crippen LogP contribution is 2.43. The minimum Gasteiger partial charge on any atom is -0.493 e. The van der Waals surface area contributed by atoms with E-state index in [4.69, 9.17) is 28.4 Å². The molecule has 0 aromatic heterocycles. The second-order valence-electron chi connectivity index (χ2n) is 7.87. The summed E-state index contributed by atoms with van der Waals surface area (Å²) in [5, 5.41) is 0. The van der Waals surface area contributed by atoms with E-state index in [0.29, 0.717) is 34.5 Å². The fourth-order valence-electron chi connectivity index (χ4n) is 3.86. The number of rotatable bonds is 10. The molecule has 0 atom stereocenters. The number of hydrogen-bond donors (Lipinski definition) is 0. The van der Waals surface area contributed by atoms with Crippen molar-refractivity contribution in [3.8, 4) is 34.5 Å². The lowest BCUT2D eigenvalue weighted by Crippen LogP contribution is -2.08. The largest absolute Gasteiger partial charge is 0.493 e. The molecule has 0 N–H and O–H groups in total. The van der Waals surface area contributed by atoms with E-state index in [9.17, 15) is 0 Å². The third-order valence-corrected chi connectivity index (χ3v) is 5.67. The smallest absolute Gasteiger partial charge is 0.203 e. The SMILES string of the molecule is COc1cc(/C=C(/c2ccc(N(C)C)cc2)c2cc(OC)c(OC)c(OC)c2)cc(OC)c1OC. The summed E-state index contributed by atoms with van der Waals surface area (Å²) in [5.74, 6) is 3.37. The normalized spacial score (nSPS) is 11.0. The molecule has 35 heavy (non-hydrogen) atoms. The monoisotopic (exact) mass is 479 g/mol. The maximum atomic E-state index is 5.61. The first-order valence-electron chi connectivity index (χ1n) is 11.0. The maximum absolute atomic E-state index is 5.61. The van der Waals surface area contributed by atoms with Crippen LogP contribution in [0.25, 0.3) is 11.6 Å². The second kappa shape index (κ2) is 11.4. The highest BCUT2D eigenvalue weighted by molar-refractivity contribution is 5.93. The molecule has 3 rings (SSSR count). The summed E-state index contributed by atoms with van der Waals surface area (Å²) >= 11 is 0. The molecule has 7 nitrogen and oxygen atoms in total. The summed E-state index contributed by atoms with van der Waals surface area (Å²) in [4.78, 5) is 2.06.